The Morgan fingerprint density at radius 3 is 3.05 bits per heavy atom. The van der Waals surface area contributed by atoms with Crippen LogP contribution in [0, 0.1) is 0 Å². The number of amides is 1. The lowest BCUT2D eigenvalue weighted by Gasteiger charge is -2.03. The Balaban J connectivity index is 1.53. The summed E-state index contributed by atoms with van der Waals surface area (Å²) >= 11 is 1.50. The van der Waals surface area contributed by atoms with Crippen LogP contribution in [0.4, 0.5) is 0 Å². The van der Waals surface area contributed by atoms with E-state index in [0.717, 1.165) is 10.7 Å². The Bertz CT molecular complexity index is 708. The molecule has 8 nitrogen and oxygen atoms in total. The van der Waals surface area contributed by atoms with Gasteiger partial charge in [-0.3, -0.25) is 9.89 Å². The second-order valence-corrected chi connectivity index (χ2v) is 5.01. The molecule has 0 saturated heterocycles. The molecule has 0 fully saturated rings. The molecule has 3 rings (SSSR count). The van der Waals surface area contributed by atoms with E-state index in [1.165, 1.54) is 18.1 Å². The van der Waals surface area contributed by atoms with Gasteiger partial charge in [-0.15, -0.1) is 0 Å². The van der Waals surface area contributed by atoms with Crippen molar-refractivity contribution < 1.29 is 4.79 Å². The van der Waals surface area contributed by atoms with E-state index in [4.69, 9.17) is 0 Å². The van der Waals surface area contributed by atoms with Gasteiger partial charge in [0.25, 0.3) is 5.91 Å². The number of fused-ring (bicyclic) bond motifs is 1. The van der Waals surface area contributed by atoms with Gasteiger partial charge in [0, 0.05) is 17.9 Å². The lowest BCUT2D eigenvalue weighted by molar-refractivity contribution is 0.0956. The Labute approximate surface area is 117 Å². The average molecular weight is 289 g/mol. The van der Waals surface area contributed by atoms with Gasteiger partial charge in [0.1, 0.15) is 17.4 Å². The first-order valence-corrected chi connectivity index (χ1v) is 6.88. The Hall–Kier alpha value is -2.42. The number of aromatic nitrogens is 6. The Kier molecular flexibility index (Phi) is 3.59. The van der Waals surface area contributed by atoms with Gasteiger partial charge in [0.15, 0.2) is 5.16 Å². The van der Waals surface area contributed by atoms with Gasteiger partial charge in [0.05, 0.1) is 0 Å². The standard InChI is InChI=1S/C11H11N7OS/c19-10(12-3-4-20-11-13-6-14-17-11)7-1-2-8-9(5-7)16-18-15-8/h1-2,5-6H,3-4H2,(H,12,19)(H,13,14,17)(H,15,16,18). The van der Waals surface area contributed by atoms with Gasteiger partial charge in [0.2, 0.25) is 0 Å². The summed E-state index contributed by atoms with van der Waals surface area (Å²) in [7, 11) is 0. The summed E-state index contributed by atoms with van der Waals surface area (Å²) in [4.78, 5) is 15.9. The fourth-order valence-electron chi connectivity index (χ4n) is 1.66. The summed E-state index contributed by atoms with van der Waals surface area (Å²) < 4.78 is 0. The predicted molar refractivity (Wildman–Crippen MR) is 73.3 cm³/mol. The minimum Gasteiger partial charge on any atom is -0.351 e. The minimum atomic E-state index is -0.131. The van der Waals surface area contributed by atoms with Crippen molar-refractivity contribution in [2.45, 2.75) is 5.16 Å². The van der Waals surface area contributed by atoms with E-state index < -0.39 is 0 Å². The van der Waals surface area contributed by atoms with Crippen molar-refractivity contribution in [1.29, 1.82) is 0 Å². The zero-order valence-electron chi connectivity index (χ0n) is 10.3. The van der Waals surface area contributed by atoms with Crippen molar-refractivity contribution in [2.24, 2.45) is 0 Å². The first-order valence-electron chi connectivity index (χ1n) is 5.90. The molecule has 1 aromatic carbocycles. The number of hydrogen-bond acceptors (Lipinski definition) is 6. The fraction of sp³-hybridized carbons (Fsp3) is 0.182. The second-order valence-electron chi connectivity index (χ2n) is 3.92. The molecule has 3 aromatic rings. The van der Waals surface area contributed by atoms with E-state index in [2.05, 4.69) is 35.9 Å². The molecule has 0 radical (unpaired) electrons. The maximum absolute atomic E-state index is 12.0. The molecule has 102 valence electrons. The normalized spacial score (nSPS) is 10.8. The highest BCUT2D eigenvalue weighted by molar-refractivity contribution is 7.99. The first kappa shape index (κ1) is 12.6. The van der Waals surface area contributed by atoms with Crippen LogP contribution in [0.25, 0.3) is 11.0 Å². The Morgan fingerprint density at radius 1 is 1.30 bits per heavy atom. The fourth-order valence-corrected chi connectivity index (χ4v) is 2.30. The van der Waals surface area contributed by atoms with Crippen LogP contribution in [0.15, 0.2) is 29.7 Å². The summed E-state index contributed by atoms with van der Waals surface area (Å²) in [6, 6.07) is 5.19. The Morgan fingerprint density at radius 2 is 2.20 bits per heavy atom. The third-order valence-electron chi connectivity index (χ3n) is 2.60. The zero-order chi connectivity index (χ0) is 13.8. The minimum absolute atomic E-state index is 0.131. The van der Waals surface area contributed by atoms with Crippen LogP contribution < -0.4 is 5.32 Å². The average Bonchev–Trinajstić information content (AvgIpc) is 3.13. The molecule has 0 aliphatic rings. The van der Waals surface area contributed by atoms with E-state index in [9.17, 15) is 4.79 Å². The number of benzene rings is 1. The topological polar surface area (TPSA) is 112 Å². The van der Waals surface area contributed by atoms with Crippen LogP contribution in [0.2, 0.25) is 0 Å². The molecular formula is C11H11N7OS. The third-order valence-corrected chi connectivity index (χ3v) is 3.48. The number of nitrogens with zero attached hydrogens (tertiary/aromatic N) is 4. The molecule has 0 atom stereocenters. The van der Waals surface area contributed by atoms with Crippen molar-refractivity contribution in [3.63, 3.8) is 0 Å². The number of rotatable bonds is 5. The number of aromatic amines is 2. The summed E-state index contributed by atoms with van der Waals surface area (Å²) in [5, 5.41) is 20.5. The van der Waals surface area contributed by atoms with Crippen LogP contribution >= 0.6 is 11.8 Å². The maximum Gasteiger partial charge on any atom is 0.251 e. The number of H-pyrrole nitrogens is 2. The van der Waals surface area contributed by atoms with Crippen LogP contribution in [-0.2, 0) is 0 Å². The van der Waals surface area contributed by atoms with E-state index in [1.54, 1.807) is 18.2 Å². The number of thioether (sulfide) groups is 1. The molecule has 3 N–H and O–H groups in total. The van der Waals surface area contributed by atoms with Crippen molar-refractivity contribution in [1.82, 2.24) is 35.9 Å². The molecule has 9 heteroatoms. The third kappa shape index (κ3) is 2.77. The number of carbonyl (C=O) groups is 1. The summed E-state index contributed by atoms with van der Waals surface area (Å²) in [6.45, 7) is 0.543. The number of carbonyl (C=O) groups excluding carboxylic acids is 1. The molecule has 0 aliphatic heterocycles. The molecule has 0 unspecified atom stereocenters. The molecule has 0 bridgehead atoms. The lowest BCUT2D eigenvalue weighted by atomic mass is 10.2. The summed E-state index contributed by atoms with van der Waals surface area (Å²) in [5.74, 6) is 0.584. The number of nitrogens with one attached hydrogen (secondary N) is 3. The maximum atomic E-state index is 12.0. The quantitative estimate of drug-likeness (QED) is 0.468. The van der Waals surface area contributed by atoms with Crippen LogP contribution in [0.3, 0.4) is 0 Å². The molecule has 2 heterocycles. The molecule has 1 amide bonds. The first-order chi connectivity index (χ1) is 9.83. The SMILES string of the molecule is O=C(NCCSc1ncn[nH]1)c1ccc2n[nH]nc2c1. The molecule has 0 saturated carbocycles. The monoisotopic (exact) mass is 289 g/mol. The molecule has 20 heavy (non-hydrogen) atoms. The van der Waals surface area contributed by atoms with Crippen LogP contribution in [0.5, 0.6) is 0 Å². The molecule has 2 aromatic heterocycles. The smallest absolute Gasteiger partial charge is 0.251 e. The highest BCUT2D eigenvalue weighted by atomic mass is 32.2. The molecule has 0 aliphatic carbocycles. The van der Waals surface area contributed by atoms with E-state index >= 15 is 0 Å². The van der Waals surface area contributed by atoms with E-state index in [1.807, 2.05) is 0 Å². The van der Waals surface area contributed by atoms with Crippen molar-refractivity contribution in [3.8, 4) is 0 Å². The van der Waals surface area contributed by atoms with Crippen molar-refractivity contribution in [2.75, 3.05) is 12.3 Å². The van der Waals surface area contributed by atoms with Gasteiger partial charge < -0.3 is 5.32 Å². The van der Waals surface area contributed by atoms with Crippen LogP contribution in [0.1, 0.15) is 10.4 Å². The van der Waals surface area contributed by atoms with E-state index in [-0.39, 0.29) is 5.91 Å². The van der Waals surface area contributed by atoms with Gasteiger partial charge in [-0.05, 0) is 18.2 Å². The molecular weight excluding hydrogens is 278 g/mol. The lowest BCUT2D eigenvalue weighted by Crippen LogP contribution is -2.25. The highest BCUT2D eigenvalue weighted by Crippen LogP contribution is 2.11. The van der Waals surface area contributed by atoms with Gasteiger partial charge in [-0.1, -0.05) is 11.8 Å². The van der Waals surface area contributed by atoms with Gasteiger partial charge in [-0.25, -0.2) is 4.98 Å². The van der Waals surface area contributed by atoms with Crippen molar-refractivity contribution in [3.05, 3.63) is 30.1 Å². The predicted octanol–water partition coefficient (Wildman–Crippen LogP) is 0.598. The van der Waals surface area contributed by atoms with E-state index in [0.29, 0.717) is 23.4 Å². The van der Waals surface area contributed by atoms with Gasteiger partial charge in [-0.2, -0.15) is 20.5 Å². The molecule has 0 spiro atoms. The summed E-state index contributed by atoms with van der Waals surface area (Å²) in [5.41, 5.74) is 1.98. The largest absolute Gasteiger partial charge is 0.351 e. The van der Waals surface area contributed by atoms with Crippen LogP contribution in [-0.4, -0.2) is 48.8 Å². The number of hydrogen-bond donors (Lipinski definition) is 3. The highest BCUT2D eigenvalue weighted by Gasteiger charge is 2.07. The van der Waals surface area contributed by atoms with Gasteiger partial charge >= 0.3 is 0 Å². The van der Waals surface area contributed by atoms with Crippen molar-refractivity contribution >= 4 is 28.7 Å². The zero-order valence-corrected chi connectivity index (χ0v) is 11.1. The second kappa shape index (κ2) is 5.70. The summed E-state index contributed by atoms with van der Waals surface area (Å²) in [6.07, 6.45) is 1.45.